The Hall–Kier alpha value is -3.08. The second kappa shape index (κ2) is 10.0. The molecule has 1 aromatic carbocycles. The third-order valence-corrected chi connectivity index (χ3v) is 10.9. The SMILES string of the molecule is CC(=O)[C@@]1(C#CC(F)(F)F)CC[C@H]2[C@@H]3CC(F)C4=CC(=NO)CCC4=C3[C@@H](c3ccc(N4CCCC4)cc3)C[C@@]21C. The van der Waals surface area contributed by atoms with E-state index in [1.54, 1.807) is 6.08 Å². The second-order valence-electron chi connectivity index (χ2n) is 12.7. The first-order chi connectivity index (χ1) is 19.5. The summed E-state index contributed by atoms with van der Waals surface area (Å²) in [5.41, 5.74) is 3.01. The summed E-state index contributed by atoms with van der Waals surface area (Å²) in [5.74, 6) is 3.05. The number of Topliss-reactive ketones (excluding diaryl/α,β-unsaturated/α-hetero) is 1. The van der Waals surface area contributed by atoms with E-state index in [9.17, 15) is 23.2 Å². The fourth-order valence-corrected chi connectivity index (χ4v) is 8.99. The summed E-state index contributed by atoms with van der Waals surface area (Å²) < 4.78 is 56.1. The van der Waals surface area contributed by atoms with Crippen molar-refractivity contribution in [3.8, 4) is 11.8 Å². The Morgan fingerprint density at radius 1 is 1.15 bits per heavy atom. The van der Waals surface area contributed by atoms with E-state index in [0.29, 0.717) is 37.0 Å². The molecule has 1 saturated heterocycles. The molecule has 3 fully saturated rings. The standard InChI is InChI=1S/C33H36F4N2O2/c1-20(40)32(13-14-33(35,36)37)12-11-28-26-18-29(34)25-17-22(38-41)7-10-24(25)30(26)27(19-31(28,32)2)21-5-8-23(9-6-21)39-15-3-4-16-39/h5-6,8-9,17,26-29,41H,3-4,7,10-12,15-16,18-19H2,1-2H3/t26-,27+,28-,29?,31-,32-/m0/s1. The van der Waals surface area contributed by atoms with Crippen LogP contribution in [0.4, 0.5) is 23.2 Å². The summed E-state index contributed by atoms with van der Waals surface area (Å²) in [5, 5.41) is 12.7. The molecular formula is C33H36F4N2O2. The summed E-state index contributed by atoms with van der Waals surface area (Å²) in [4.78, 5) is 15.6. The number of fused-ring (bicyclic) bond motifs is 4. The van der Waals surface area contributed by atoms with Crippen molar-refractivity contribution in [1.82, 2.24) is 0 Å². The highest BCUT2D eigenvalue weighted by Gasteiger charge is 2.65. The Bertz CT molecular complexity index is 1390. The molecule has 8 heteroatoms. The number of hydrogen-bond acceptors (Lipinski definition) is 4. The van der Waals surface area contributed by atoms with Gasteiger partial charge in [-0.25, -0.2) is 4.39 Å². The van der Waals surface area contributed by atoms with Crippen LogP contribution in [-0.2, 0) is 4.79 Å². The number of alkyl halides is 4. The van der Waals surface area contributed by atoms with Crippen LogP contribution in [0.1, 0.15) is 76.7 Å². The van der Waals surface area contributed by atoms with Crippen molar-refractivity contribution < 1.29 is 27.6 Å². The second-order valence-corrected chi connectivity index (χ2v) is 12.7. The molecule has 4 nitrogen and oxygen atoms in total. The van der Waals surface area contributed by atoms with Crippen LogP contribution in [0.15, 0.2) is 52.2 Å². The number of hydrogen-bond donors (Lipinski definition) is 1. The van der Waals surface area contributed by atoms with Gasteiger partial charge in [0.25, 0.3) is 0 Å². The van der Waals surface area contributed by atoms with Gasteiger partial charge >= 0.3 is 6.18 Å². The van der Waals surface area contributed by atoms with Crippen LogP contribution in [0.5, 0.6) is 0 Å². The maximum atomic E-state index is 15.9. The minimum atomic E-state index is -4.70. The number of anilines is 1. The largest absolute Gasteiger partial charge is 0.457 e. The van der Waals surface area contributed by atoms with Crippen molar-refractivity contribution in [2.45, 2.75) is 83.5 Å². The lowest BCUT2D eigenvalue weighted by Crippen LogP contribution is -2.51. The van der Waals surface area contributed by atoms with Gasteiger partial charge in [-0.1, -0.05) is 35.7 Å². The number of nitrogens with zero attached hydrogens (tertiary/aromatic N) is 2. The monoisotopic (exact) mass is 568 g/mol. The highest BCUT2D eigenvalue weighted by Crippen LogP contribution is 2.69. The first-order valence-electron chi connectivity index (χ1n) is 14.7. The molecule has 0 radical (unpaired) electrons. The minimum Gasteiger partial charge on any atom is -0.411 e. The number of benzene rings is 1. The van der Waals surface area contributed by atoms with Gasteiger partial charge in [-0.3, -0.25) is 4.79 Å². The molecule has 41 heavy (non-hydrogen) atoms. The molecular weight excluding hydrogens is 532 g/mol. The average Bonchev–Trinajstić information content (AvgIpc) is 3.58. The van der Waals surface area contributed by atoms with Crippen LogP contribution in [0.2, 0.25) is 0 Å². The predicted molar refractivity (Wildman–Crippen MR) is 150 cm³/mol. The van der Waals surface area contributed by atoms with Crippen molar-refractivity contribution in [3.05, 3.63) is 52.6 Å². The third kappa shape index (κ3) is 4.51. The average molecular weight is 569 g/mol. The maximum Gasteiger partial charge on any atom is 0.457 e. The van der Waals surface area contributed by atoms with E-state index in [1.807, 2.05) is 6.92 Å². The van der Waals surface area contributed by atoms with E-state index in [0.717, 1.165) is 48.3 Å². The molecule has 0 spiro atoms. The summed E-state index contributed by atoms with van der Waals surface area (Å²) in [6.45, 7) is 5.32. The Kier molecular flexibility index (Phi) is 6.86. The number of rotatable bonds is 3. The maximum absolute atomic E-state index is 15.9. The fourth-order valence-electron chi connectivity index (χ4n) is 8.99. The highest BCUT2D eigenvalue weighted by molar-refractivity contribution is 5.97. The van der Waals surface area contributed by atoms with E-state index in [-0.39, 0.29) is 36.4 Å². The summed E-state index contributed by atoms with van der Waals surface area (Å²) in [7, 11) is 0. The van der Waals surface area contributed by atoms with Gasteiger partial charge in [0.15, 0.2) is 0 Å². The summed E-state index contributed by atoms with van der Waals surface area (Å²) >= 11 is 0. The minimum absolute atomic E-state index is 0.163. The molecule has 1 aromatic rings. The molecule has 6 atom stereocenters. The molecule has 1 N–H and O–H groups in total. The number of ketones is 1. The van der Waals surface area contributed by atoms with Gasteiger partial charge in [-0.05, 0) is 110 Å². The van der Waals surface area contributed by atoms with E-state index in [1.165, 1.54) is 12.8 Å². The first-order valence-corrected chi connectivity index (χ1v) is 14.7. The molecule has 1 unspecified atom stereocenters. The zero-order chi connectivity index (χ0) is 29.2. The zero-order valence-corrected chi connectivity index (χ0v) is 23.5. The fraction of sp³-hybridized carbons (Fsp3) is 0.576. The molecule has 0 bridgehead atoms. The van der Waals surface area contributed by atoms with Gasteiger partial charge in [0.05, 0.1) is 11.1 Å². The molecule has 5 aliphatic rings. The summed E-state index contributed by atoms with van der Waals surface area (Å²) in [6, 6.07) is 8.43. The number of halogens is 4. The van der Waals surface area contributed by atoms with Gasteiger partial charge in [0, 0.05) is 30.6 Å². The van der Waals surface area contributed by atoms with Crippen molar-refractivity contribution in [2.24, 2.45) is 27.8 Å². The van der Waals surface area contributed by atoms with Crippen LogP contribution in [0, 0.1) is 34.5 Å². The van der Waals surface area contributed by atoms with E-state index >= 15 is 4.39 Å². The van der Waals surface area contributed by atoms with Crippen molar-refractivity contribution in [1.29, 1.82) is 0 Å². The number of carbonyl (C=O) groups excluding carboxylic acids is 1. The zero-order valence-electron chi connectivity index (χ0n) is 23.5. The Morgan fingerprint density at radius 2 is 1.85 bits per heavy atom. The number of oxime groups is 1. The van der Waals surface area contributed by atoms with Crippen molar-refractivity contribution in [2.75, 3.05) is 18.0 Å². The van der Waals surface area contributed by atoms with E-state index < -0.39 is 23.2 Å². The van der Waals surface area contributed by atoms with E-state index in [2.05, 4.69) is 40.2 Å². The topological polar surface area (TPSA) is 52.9 Å². The highest BCUT2D eigenvalue weighted by atomic mass is 19.4. The number of allylic oxidation sites excluding steroid dienone is 4. The van der Waals surface area contributed by atoms with Crippen LogP contribution in [0.3, 0.4) is 0 Å². The lowest BCUT2D eigenvalue weighted by Gasteiger charge is -2.55. The molecule has 1 aliphatic heterocycles. The molecule has 0 aromatic heterocycles. The quantitative estimate of drug-likeness (QED) is 0.177. The molecule has 6 rings (SSSR count). The van der Waals surface area contributed by atoms with Gasteiger partial charge in [0.1, 0.15) is 12.0 Å². The lowest BCUT2D eigenvalue weighted by molar-refractivity contribution is -0.130. The third-order valence-electron chi connectivity index (χ3n) is 10.9. The predicted octanol–water partition coefficient (Wildman–Crippen LogP) is 7.54. The normalized spacial score (nSPS) is 35.8. The molecule has 0 amide bonds. The molecule has 4 aliphatic carbocycles. The van der Waals surface area contributed by atoms with Gasteiger partial charge in [0.2, 0.25) is 0 Å². The van der Waals surface area contributed by atoms with Crippen LogP contribution in [0.25, 0.3) is 0 Å². The lowest BCUT2D eigenvalue weighted by atomic mass is 9.48. The first kappa shape index (κ1) is 28.1. The van der Waals surface area contributed by atoms with Gasteiger partial charge in [-0.2, -0.15) is 13.2 Å². The Balaban J connectivity index is 1.51. The van der Waals surface area contributed by atoms with Gasteiger partial charge < -0.3 is 10.1 Å². The molecule has 2 saturated carbocycles. The molecule has 1 heterocycles. The van der Waals surface area contributed by atoms with Crippen LogP contribution >= 0.6 is 0 Å². The molecule has 218 valence electrons. The Labute approximate surface area is 238 Å². The van der Waals surface area contributed by atoms with Crippen molar-refractivity contribution >= 4 is 17.2 Å². The van der Waals surface area contributed by atoms with Crippen LogP contribution < -0.4 is 4.90 Å². The number of carbonyl (C=O) groups is 1. The van der Waals surface area contributed by atoms with E-state index in [4.69, 9.17) is 0 Å². The van der Waals surface area contributed by atoms with Crippen LogP contribution in [-0.4, -0.2) is 42.1 Å². The summed E-state index contributed by atoms with van der Waals surface area (Å²) in [6.07, 6.45) is 0.491. The van der Waals surface area contributed by atoms with Gasteiger partial charge in [-0.15, -0.1) is 0 Å². The smallest absolute Gasteiger partial charge is 0.411 e. The Morgan fingerprint density at radius 3 is 2.49 bits per heavy atom. The van der Waals surface area contributed by atoms with Crippen molar-refractivity contribution in [3.63, 3.8) is 0 Å².